The number of hydrogen-bond donors (Lipinski definition) is 1. The highest BCUT2D eigenvalue weighted by atomic mass is 32.2. The first-order chi connectivity index (χ1) is 16.2. The van der Waals surface area contributed by atoms with Crippen molar-refractivity contribution in [1.82, 2.24) is 0 Å². The lowest BCUT2D eigenvalue weighted by molar-refractivity contribution is -0.385. The summed E-state index contributed by atoms with van der Waals surface area (Å²) in [5.74, 6) is -0.150. The van der Waals surface area contributed by atoms with Crippen LogP contribution in [0.4, 0.5) is 11.4 Å². The Morgan fingerprint density at radius 3 is 2.41 bits per heavy atom. The van der Waals surface area contributed by atoms with Crippen molar-refractivity contribution in [2.24, 2.45) is 0 Å². The zero-order valence-corrected chi connectivity index (χ0v) is 18.5. The minimum Gasteiger partial charge on any atom is -0.497 e. The SMILES string of the molecule is COc1cccc(NC(=O)/C(C#N)=C/c2ccc(OS(=O)(=O)c3cccc([N+](=O)[O-])c3)cc2)c1. The summed E-state index contributed by atoms with van der Waals surface area (Å²) in [5, 5.41) is 22.9. The van der Waals surface area contributed by atoms with Gasteiger partial charge in [-0.2, -0.15) is 13.7 Å². The van der Waals surface area contributed by atoms with Crippen LogP contribution in [0.15, 0.2) is 83.3 Å². The Morgan fingerprint density at radius 2 is 1.76 bits per heavy atom. The van der Waals surface area contributed by atoms with Gasteiger partial charge in [0.25, 0.3) is 11.6 Å². The second kappa shape index (κ2) is 10.3. The first-order valence-electron chi connectivity index (χ1n) is 9.58. The first-order valence-corrected chi connectivity index (χ1v) is 11.0. The highest BCUT2D eigenvalue weighted by molar-refractivity contribution is 7.87. The van der Waals surface area contributed by atoms with Crippen LogP contribution < -0.4 is 14.2 Å². The molecule has 0 bridgehead atoms. The van der Waals surface area contributed by atoms with Gasteiger partial charge in [0.05, 0.1) is 12.0 Å². The highest BCUT2D eigenvalue weighted by Crippen LogP contribution is 2.23. The van der Waals surface area contributed by atoms with Gasteiger partial charge in [0.15, 0.2) is 0 Å². The maximum Gasteiger partial charge on any atom is 0.339 e. The third-order valence-corrected chi connectivity index (χ3v) is 5.65. The number of nitriles is 1. The third kappa shape index (κ3) is 5.96. The molecule has 0 aliphatic heterocycles. The second-order valence-corrected chi connectivity index (χ2v) is 8.26. The van der Waals surface area contributed by atoms with Crippen molar-refractivity contribution < 1.29 is 27.1 Å². The van der Waals surface area contributed by atoms with Crippen LogP contribution in [0.25, 0.3) is 6.08 Å². The third-order valence-electron chi connectivity index (χ3n) is 4.41. The van der Waals surface area contributed by atoms with E-state index in [2.05, 4.69) is 5.32 Å². The molecular weight excluding hydrogens is 462 g/mol. The van der Waals surface area contributed by atoms with E-state index in [-0.39, 0.29) is 21.9 Å². The lowest BCUT2D eigenvalue weighted by Crippen LogP contribution is -2.13. The Bertz CT molecular complexity index is 1410. The normalized spacial score (nSPS) is 11.2. The van der Waals surface area contributed by atoms with Crippen LogP contribution >= 0.6 is 0 Å². The molecule has 0 aliphatic rings. The van der Waals surface area contributed by atoms with Crippen LogP contribution in [-0.4, -0.2) is 26.4 Å². The number of nitro groups is 1. The molecule has 0 spiro atoms. The number of hydrogen-bond acceptors (Lipinski definition) is 8. The summed E-state index contributed by atoms with van der Waals surface area (Å²) in [6.07, 6.45) is 1.33. The number of nitrogens with zero attached hydrogens (tertiary/aromatic N) is 2. The number of amides is 1. The molecule has 0 saturated carbocycles. The summed E-state index contributed by atoms with van der Waals surface area (Å²) in [6, 6.07) is 18.5. The molecule has 10 nitrogen and oxygen atoms in total. The van der Waals surface area contributed by atoms with E-state index in [0.717, 1.165) is 12.1 Å². The molecule has 3 rings (SSSR count). The van der Waals surface area contributed by atoms with Gasteiger partial charge in [-0.25, -0.2) is 0 Å². The molecule has 0 aliphatic carbocycles. The van der Waals surface area contributed by atoms with Gasteiger partial charge < -0.3 is 14.2 Å². The standard InChI is InChI=1S/C23H17N3O7S/c1-32-21-6-2-4-18(13-21)25-23(27)17(15-24)12-16-8-10-20(11-9-16)33-34(30,31)22-7-3-5-19(14-22)26(28)29/h2-14H,1H3,(H,25,27)/b17-12+. The number of carbonyl (C=O) groups is 1. The Balaban J connectivity index is 1.74. The van der Waals surface area contributed by atoms with Gasteiger partial charge in [0, 0.05) is 23.9 Å². The van der Waals surface area contributed by atoms with E-state index in [1.165, 1.54) is 49.6 Å². The number of non-ortho nitro benzene ring substituents is 1. The molecule has 1 amide bonds. The van der Waals surface area contributed by atoms with E-state index >= 15 is 0 Å². The molecule has 34 heavy (non-hydrogen) atoms. The molecule has 0 saturated heterocycles. The molecule has 0 aromatic heterocycles. The fourth-order valence-corrected chi connectivity index (χ4v) is 3.73. The average Bonchev–Trinajstić information content (AvgIpc) is 2.83. The predicted octanol–water partition coefficient (Wildman–Crippen LogP) is 3.92. The van der Waals surface area contributed by atoms with E-state index in [9.17, 15) is 28.6 Å². The molecule has 172 valence electrons. The summed E-state index contributed by atoms with van der Waals surface area (Å²) in [5.41, 5.74) is 0.320. The Hall–Kier alpha value is -4.69. The number of methoxy groups -OCH3 is 1. The van der Waals surface area contributed by atoms with Crippen LogP contribution in [0.2, 0.25) is 0 Å². The lowest BCUT2D eigenvalue weighted by atomic mass is 10.1. The quantitative estimate of drug-likeness (QED) is 0.168. The molecular formula is C23H17N3O7S. The molecule has 0 unspecified atom stereocenters. The molecule has 3 aromatic carbocycles. The summed E-state index contributed by atoms with van der Waals surface area (Å²) in [7, 11) is -2.82. The van der Waals surface area contributed by atoms with Gasteiger partial charge in [-0.05, 0) is 42.0 Å². The fourth-order valence-electron chi connectivity index (χ4n) is 2.76. The van der Waals surface area contributed by atoms with E-state index in [1.807, 2.05) is 6.07 Å². The predicted molar refractivity (Wildman–Crippen MR) is 123 cm³/mol. The van der Waals surface area contributed by atoms with Crippen molar-refractivity contribution in [2.45, 2.75) is 4.90 Å². The molecule has 0 heterocycles. The first kappa shape index (κ1) is 24.0. The Kier molecular flexibility index (Phi) is 7.25. The number of benzene rings is 3. The van der Waals surface area contributed by atoms with E-state index < -0.39 is 20.9 Å². The van der Waals surface area contributed by atoms with Crippen LogP contribution in [0.5, 0.6) is 11.5 Å². The summed E-state index contributed by atoms with van der Waals surface area (Å²) >= 11 is 0. The van der Waals surface area contributed by atoms with E-state index in [1.54, 1.807) is 24.3 Å². The van der Waals surface area contributed by atoms with Gasteiger partial charge in [0.2, 0.25) is 0 Å². The highest BCUT2D eigenvalue weighted by Gasteiger charge is 2.20. The zero-order valence-electron chi connectivity index (χ0n) is 17.7. The van der Waals surface area contributed by atoms with Gasteiger partial charge >= 0.3 is 10.1 Å². The molecule has 0 atom stereocenters. The maximum absolute atomic E-state index is 12.4. The summed E-state index contributed by atoms with van der Waals surface area (Å²) < 4.78 is 35.0. The minimum atomic E-state index is -4.31. The van der Waals surface area contributed by atoms with Crippen molar-refractivity contribution >= 4 is 33.5 Å². The largest absolute Gasteiger partial charge is 0.497 e. The van der Waals surface area contributed by atoms with Crippen LogP contribution in [0.1, 0.15) is 5.56 Å². The van der Waals surface area contributed by atoms with E-state index in [0.29, 0.717) is 17.0 Å². The number of ether oxygens (including phenoxy) is 1. The molecule has 11 heteroatoms. The molecule has 1 N–H and O–H groups in total. The second-order valence-electron chi connectivity index (χ2n) is 6.72. The van der Waals surface area contributed by atoms with Crippen LogP contribution in [-0.2, 0) is 14.9 Å². The summed E-state index contributed by atoms with van der Waals surface area (Å²) in [4.78, 5) is 22.2. The van der Waals surface area contributed by atoms with Gasteiger partial charge in [-0.3, -0.25) is 14.9 Å². The van der Waals surface area contributed by atoms with Crippen molar-refractivity contribution in [3.8, 4) is 17.6 Å². The Labute approximate surface area is 194 Å². The number of anilines is 1. The molecule has 0 radical (unpaired) electrons. The Morgan fingerprint density at radius 1 is 1.06 bits per heavy atom. The van der Waals surface area contributed by atoms with Crippen LogP contribution in [0, 0.1) is 21.4 Å². The van der Waals surface area contributed by atoms with Gasteiger partial charge in [-0.15, -0.1) is 0 Å². The minimum absolute atomic E-state index is 0.0528. The number of nitro benzene ring substituents is 1. The van der Waals surface area contributed by atoms with Crippen molar-refractivity contribution in [3.05, 3.63) is 94.0 Å². The number of carbonyl (C=O) groups excluding carboxylic acids is 1. The molecule has 0 fully saturated rings. The number of rotatable bonds is 8. The maximum atomic E-state index is 12.4. The smallest absolute Gasteiger partial charge is 0.339 e. The summed E-state index contributed by atoms with van der Waals surface area (Å²) in [6.45, 7) is 0. The zero-order chi connectivity index (χ0) is 24.7. The fraction of sp³-hybridized carbons (Fsp3) is 0.0435. The van der Waals surface area contributed by atoms with Gasteiger partial charge in [0.1, 0.15) is 28.0 Å². The monoisotopic (exact) mass is 479 g/mol. The van der Waals surface area contributed by atoms with Gasteiger partial charge in [-0.1, -0.05) is 24.3 Å². The van der Waals surface area contributed by atoms with Crippen molar-refractivity contribution in [2.75, 3.05) is 12.4 Å². The number of nitrogens with one attached hydrogen (secondary N) is 1. The molecule has 3 aromatic rings. The van der Waals surface area contributed by atoms with E-state index in [4.69, 9.17) is 8.92 Å². The average molecular weight is 479 g/mol. The van der Waals surface area contributed by atoms with Crippen LogP contribution in [0.3, 0.4) is 0 Å². The lowest BCUT2D eigenvalue weighted by Gasteiger charge is -2.08. The van der Waals surface area contributed by atoms with Crippen molar-refractivity contribution in [1.29, 1.82) is 5.26 Å². The van der Waals surface area contributed by atoms with Crippen molar-refractivity contribution in [3.63, 3.8) is 0 Å². The topological polar surface area (TPSA) is 149 Å².